The summed E-state index contributed by atoms with van der Waals surface area (Å²) >= 11 is 0. The molecular weight excluding hydrogens is 340 g/mol. The standard InChI is InChI=1S/C18H26N2O4S/c1-3-15-6-4-5-7-17(15)25(23,24)20-11-16-10-19(14(2)22)9-8-18(16,12-20)13-21/h4-7,16,21H,3,8-13H2,1-2H3/t16-,18+/m1/s1. The number of carbonyl (C=O) groups is 1. The van der Waals surface area contributed by atoms with Crippen LogP contribution in [0, 0.1) is 11.3 Å². The highest BCUT2D eigenvalue weighted by molar-refractivity contribution is 7.89. The van der Waals surface area contributed by atoms with E-state index in [1.165, 1.54) is 11.2 Å². The van der Waals surface area contributed by atoms with Gasteiger partial charge in [-0.3, -0.25) is 4.79 Å². The maximum absolute atomic E-state index is 13.2. The normalized spacial score (nSPS) is 27.3. The zero-order valence-electron chi connectivity index (χ0n) is 14.8. The lowest BCUT2D eigenvalue weighted by Crippen LogP contribution is -2.50. The lowest BCUT2D eigenvalue weighted by molar-refractivity contribution is -0.133. The van der Waals surface area contributed by atoms with Gasteiger partial charge in [0.05, 0.1) is 11.5 Å². The third-order valence-electron chi connectivity index (χ3n) is 5.83. The summed E-state index contributed by atoms with van der Waals surface area (Å²) in [7, 11) is -3.61. The van der Waals surface area contributed by atoms with E-state index in [2.05, 4.69) is 0 Å². The van der Waals surface area contributed by atoms with Crippen LogP contribution < -0.4 is 0 Å². The zero-order valence-corrected chi connectivity index (χ0v) is 15.6. The number of rotatable bonds is 4. The number of amides is 1. The highest BCUT2D eigenvalue weighted by Gasteiger charge is 2.52. The molecule has 2 atom stereocenters. The fraction of sp³-hybridized carbons (Fsp3) is 0.611. The summed E-state index contributed by atoms with van der Waals surface area (Å²) in [6.07, 6.45) is 1.28. The van der Waals surface area contributed by atoms with E-state index in [0.29, 0.717) is 43.9 Å². The molecule has 1 amide bonds. The van der Waals surface area contributed by atoms with E-state index in [1.807, 2.05) is 19.1 Å². The number of fused-ring (bicyclic) bond motifs is 1. The minimum absolute atomic E-state index is 0.00387. The van der Waals surface area contributed by atoms with Gasteiger partial charge in [0.15, 0.2) is 0 Å². The first-order valence-electron chi connectivity index (χ1n) is 8.78. The molecule has 138 valence electrons. The number of aliphatic hydroxyl groups is 1. The van der Waals surface area contributed by atoms with E-state index in [1.54, 1.807) is 17.0 Å². The molecule has 2 aliphatic rings. The lowest BCUT2D eigenvalue weighted by atomic mass is 9.73. The molecule has 0 unspecified atom stereocenters. The third-order valence-corrected chi connectivity index (χ3v) is 7.75. The quantitative estimate of drug-likeness (QED) is 0.866. The van der Waals surface area contributed by atoms with E-state index in [4.69, 9.17) is 0 Å². The molecule has 25 heavy (non-hydrogen) atoms. The smallest absolute Gasteiger partial charge is 0.243 e. The molecule has 3 rings (SSSR count). The topological polar surface area (TPSA) is 77.9 Å². The zero-order chi connectivity index (χ0) is 18.2. The number of hydrogen-bond donors (Lipinski definition) is 1. The molecule has 2 fully saturated rings. The molecule has 1 aromatic carbocycles. The Bertz CT molecular complexity index is 764. The Morgan fingerprint density at radius 1 is 1.32 bits per heavy atom. The highest BCUT2D eigenvalue weighted by atomic mass is 32.2. The van der Waals surface area contributed by atoms with Crippen molar-refractivity contribution in [2.24, 2.45) is 11.3 Å². The number of benzene rings is 1. The van der Waals surface area contributed by atoms with Crippen LogP contribution in [-0.4, -0.2) is 61.4 Å². The van der Waals surface area contributed by atoms with Crippen LogP contribution >= 0.6 is 0 Å². The molecule has 0 spiro atoms. The van der Waals surface area contributed by atoms with Gasteiger partial charge >= 0.3 is 0 Å². The predicted octanol–water partition coefficient (Wildman–Crippen LogP) is 1.10. The molecule has 2 heterocycles. The molecular formula is C18H26N2O4S. The summed E-state index contributed by atoms with van der Waals surface area (Å²) in [4.78, 5) is 13.8. The molecule has 0 radical (unpaired) electrons. The van der Waals surface area contributed by atoms with Gasteiger partial charge in [0.2, 0.25) is 15.9 Å². The Hall–Kier alpha value is -1.44. The Morgan fingerprint density at radius 3 is 2.68 bits per heavy atom. The SMILES string of the molecule is CCc1ccccc1S(=O)(=O)N1C[C@H]2CN(C(C)=O)CC[C@@]2(CO)C1. The summed E-state index contributed by atoms with van der Waals surface area (Å²) < 4.78 is 27.9. The fourth-order valence-corrected chi connectivity index (χ4v) is 6.02. The molecule has 7 heteroatoms. The first-order chi connectivity index (χ1) is 11.8. The second-order valence-electron chi connectivity index (χ2n) is 7.19. The van der Waals surface area contributed by atoms with Crippen molar-refractivity contribution < 1.29 is 18.3 Å². The van der Waals surface area contributed by atoms with Crippen LogP contribution in [0.3, 0.4) is 0 Å². The maximum atomic E-state index is 13.2. The molecule has 1 aromatic rings. The molecule has 1 N–H and O–H groups in total. The minimum Gasteiger partial charge on any atom is -0.396 e. The number of nitrogens with zero attached hydrogens (tertiary/aromatic N) is 2. The van der Waals surface area contributed by atoms with E-state index >= 15 is 0 Å². The number of aryl methyl sites for hydroxylation is 1. The molecule has 0 saturated carbocycles. The van der Waals surface area contributed by atoms with E-state index in [0.717, 1.165) is 5.56 Å². The van der Waals surface area contributed by atoms with Gasteiger partial charge in [-0.15, -0.1) is 0 Å². The van der Waals surface area contributed by atoms with Gasteiger partial charge in [-0.2, -0.15) is 4.31 Å². The van der Waals surface area contributed by atoms with Crippen molar-refractivity contribution in [1.82, 2.24) is 9.21 Å². The van der Waals surface area contributed by atoms with Crippen LogP contribution in [0.25, 0.3) is 0 Å². The molecule has 0 aromatic heterocycles. The van der Waals surface area contributed by atoms with Crippen LogP contribution in [0.4, 0.5) is 0 Å². The average Bonchev–Trinajstić information content (AvgIpc) is 3.01. The van der Waals surface area contributed by atoms with Gasteiger partial charge in [-0.1, -0.05) is 25.1 Å². The number of aliphatic hydroxyl groups excluding tert-OH is 1. The minimum atomic E-state index is -3.61. The van der Waals surface area contributed by atoms with Crippen LogP contribution in [0.15, 0.2) is 29.2 Å². The van der Waals surface area contributed by atoms with Gasteiger partial charge < -0.3 is 10.0 Å². The van der Waals surface area contributed by atoms with Crippen molar-refractivity contribution in [3.63, 3.8) is 0 Å². The first kappa shape index (κ1) is 18.4. The van der Waals surface area contributed by atoms with Crippen LogP contribution in [-0.2, 0) is 21.2 Å². The fourth-order valence-electron chi connectivity index (χ4n) is 4.15. The van der Waals surface area contributed by atoms with Crippen LogP contribution in [0.2, 0.25) is 0 Å². The number of sulfonamides is 1. The van der Waals surface area contributed by atoms with Crippen molar-refractivity contribution in [2.75, 3.05) is 32.8 Å². The highest BCUT2D eigenvalue weighted by Crippen LogP contribution is 2.44. The van der Waals surface area contributed by atoms with Gasteiger partial charge in [-0.25, -0.2) is 8.42 Å². The molecule has 6 nitrogen and oxygen atoms in total. The van der Waals surface area contributed by atoms with E-state index in [-0.39, 0.29) is 18.4 Å². The van der Waals surface area contributed by atoms with Crippen molar-refractivity contribution in [2.45, 2.75) is 31.6 Å². The summed E-state index contributed by atoms with van der Waals surface area (Å²) in [6.45, 7) is 5.18. The van der Waals surface area contributed by atoms with Gasteiger partial charge in [0, 0.05) is 38.5 Å². The van der Waals surface area contributed by atoms with Crippen LogP contribution in [0.5, 0.6) is 0 Å². The molecule has 2 aliphatic heterocycles. The summed E-state index contributed by atoms with van der Waals surface area (Å²) in [5.74, 6) is -0.0251. The first-order valence-corrected chi connectivity index (χ1v) is 10.2. The van der Waals surface area contributed by atoms with Crippen LogP contribution in [0.1, 0.15) is 25.8 Å². The Morgan fingerprint density at radius 2 is 2.04 bits per heavy atom. The molecule has 0 bridgehead atoms. The van der Waals surface area contributed by atoms with Crippen molar-refractivity contribution in [1.29, 1.82) is 0 Å². The van der Waals surface area contributed by atoms with Gasteiger partial charge in [0.25, 0.3) is 0 Å². The Kier molecular flexibility index (Phi) is 4.92. The number of piperidine rings is 1. The largest absolute Gasteiger partial charge is 0.396 e. The molecule has 0 aliphatic carbocycles. The average molecular weight is 366 g/mol. The van der Waals surface area contributed by atoms with E-state index < -0.39 is 15.4 Å². The monoisotopic (exact) mass is 366 g/mol. The summed E-state index contributed by atoms with van der Waals surface area (Å²) in [5, 5.41) is 10.0. The van der Waals surface area contributed by atoms with E-state index in [9.17, 15) is 18.3 Å². The third kappa shape index (κ3) is 3.09. The van der Waals surface area contributed by atoms with Crippen molar-refractivity contribution in [3.05, 3.63) is 29.8 Å². The summed E-state index contributed by atoms with van der Waals surface area (Å²) in [6, 6.07) is 7.09. The Labute approximate surface area is 149 Å². The van der Waals surface area contributed by atoms with Gasteiger partial charge in [0.1, 0.15) is 0 Å². The van der Waals surface area contributed by atoms with Crippen molar-refractivity contribution in [3.8, 4) is 0 Å². The second kappa shape index (κ2) is 6.70. The number of carbonyl (C=O) groups excluding carboxylic acids is 1. The lowest BCUT2D eigenvalue weighted by Gasteiger charge is -2.42. The van der Waals surface area contributed by atoms with Gasteiger partial charge in [-0.05, 0) is 30.4 Å². The van der Waals surface area contributed by atoms with Crippen molar-refractivity contribution >= 4 is 15.9 Å². The number of hydrogen-bond acceptors (Lipinski definition) is 4. The number of likely N-dealkylation sites (tertiary alicyclic amines) is 1. The Balaban J connectivity index is 1.91. The predicted molar refractivity (Wildman–Crippen MR) is 94.5 cm³/mol. The summed E-state index contributed by atoms with van der Waals surface area (Å²) in [5.41, 5.74) is 0.362. The maximum Gasteiger partial charge on any atom is 0.243 e. The second-order valence-corrected chi connectivity index (χ2v) is 9.10. The molecule has 2 saturated heterocycles.